The van der Waals surface area contributed by atoms with Crippen LogP contribution in [0.4, 0.5) is 35.5 Å². The third-order valence-electron chi connectivity index (χ3n) is 8.24. The minimum absolute atomic E-state index is 0.0197. The van der Waals surface area contributed by atoms with Crippen LogP contribution < -0.4 is 10.0 Å². The van der Waals surface area contributed by atoms with Crippen molar-refractivity contribution in [3.05, 3.63) is 82.7 Å². The minimum atomic E-state index is -5.10. The van der Waals surface area contributed by atoms with Crippen LogP contribution in [0, 0.1) is 12.7 Å². The van der Waals surface area contributed by atoms with Gasteiger partial charge in [-0.1, -0.05) is 19.1 Å². The van der Waals surface area contributed by atoms with Gasteiger partial charge in [0.2, 0.25) is 0 Å². The van der Waals surface area contributed by atoms with Gasteiger partial charge in [-0.2, -0.15) is 26.3 Å². The smallest absolute Gasteiger partial charge is 0.341 e. The van der Waals surface area contributed by atoms with Crippen LogP contribution in [0.2, 0.25) is 0 Å². The highest BCUT2D eigenvalue weighted by Crippen LogP contribution is 2.53. The Hall–Kier alpha value is -2.93. The Morgan fingerprint density at radius 1 is 1.07 bits per heavy atom. The van der Waals surface area contributed by atoms with Crippen molar-refractivity contribution in [1.29, 1.82) is 0 Å². The molecule has 2 aromatic carbocycles. The SMILES string of the molecule is C=CCC1(NS(=O)C(C)(C)C)CCN(C(=O)NC)C(c2ccc(F)cc2C)([C@H](C)c2cc(C(F)(F)F)cc(C(F)(F)F)c2)C1. The van der Waals surface area contributed by atoms with Crippen molar-refractivity contribution in [1.82, 2.24) is 14.9 Å². The first kappa shape index (κ1) is 35.5. The fourth-order valence-electron chi connectivity index (χ4n) is 6.05. The van der Waals surface area contributed by atoms with Crippen molar-refractivity contribution < 1.29 is 39.7 Å². The van der Waals surface area contributed by atoms with E-state index in [4.69, 9.17) is 0 Å². The van der Waals surface area contributed by atoms with Crippen LogP contribution in [-0.4, -0.2) is 39.0 Å². The Morgan fingerprint density at radius 2 is 1.64 bits per heavy atom. The van der Waals surface area contributed by atoms with Crippen molar-refractivity contribution in [2.45, 2.75) is 88.0 Å². The standard InChI is InChI=1S/C31H38F7N3O2S/c1-8-11-28(40-44(43)27(4,5)6)12-13-41(26(42)39-7)29(18-28,25-10-9-24(32)14-19(25)2)20(3)21-15-22(30(33,34)35)17-23(16-21)31(36,37)38/h8-10,14-17,20,40H,1,11-13,18H2,2-7H3,(H,39,42)/t20-,28?,29?,44?/m1/s1. The van der Waals surface area contributed by atoms with Gasteiger partial charge in [0.05, 0.1) is 32.4 Å². The third kappa shape index (κ3) is 7.14. The van der Waals surface area contributed by atoms with Crippen molar-refractivity contribution in [2.24, 2.45) is 0 Å². The van der Waals surface area contributed by atoms with E-state index in [1.807, 2.05) is 0 Å². The molecule has 3 unspecified atom stereocenters. The molecule has 0 radical (unpaired) electrons. The molecule has 4 atom stereocenters. The first-order chi connectivity index (χ1) is 20.1. The second-order valence-corrected chi connectivity index (χ2v) is 14.3. The second-order valence-electron chi connectivity index (χ2n) is 12.3. The predicted molar refractivity (Wildman–Crippen MR) is 157 cm³/mol. The number of nitrogens with zero attached hydrogens (tertiary/aromatic N) is 1. The maximum atomic E-state index is 14.4. The molecule has 1 heterocycles. The molecular formula is C31H38F7N3O2S. The average Bonchev–Trinajstić information content (AvgIpc) is 2.90. The van der Waals surface area contributed by atoms with Gasteiger partial charge in [-0.3, -0.25) is 0 Å². The number of amides is 2. The molecule has 0 aromatic heterocycles. The summed E-state index contributed by atoms with van der Waals surface area (Å²) in [4.78, 5) is 14.9. The topological polar surface area (TPSA) is 61.4 Å². The van der Waals surface area contributed by atoms with Crippen LogP contribution in [-0.2, 0) is 28.9 Å². The third-order valence-corrected chi connectivity index (χ3v) is 9.97. The lowest BCUT2D eigenvalue weighted by Gasteiger charge is -2.57. The van der Waals surface area contributed by atoms with Crippen molar-refractivity contribution in [3.63, 3.8) is 0 Å². The monoisotopic (exact) mass is 649 g/mol. The molecule has 0 spiro atoms. The summed E-state index contributed by atoms with van der Waals surface area (Å²) < 4.78 is 114. The van der Waals surface area contributed by atoms with E-state index in [0.717, 1.165) is 6.07 Å². The number of likely N-dealkylation sites (tertiary alicyclic amines) is 1. The van der Waals surface area contributed by atoms with E-state index in [-0.39, 0.29) is 37.4 Å². The molecule has 0 aliphatic carbocycles. The number of rotatable bonds is 7. The van der Waals surface area contributed by atoms with Gasteiger partial charge < -0.3 is 10.2 Å². The molecule has 5 nitrogen and oxygen atoms in total. The molecular weight excluding hydrogens is 611 g/mol. The Balaban J connectivity index is 2.46. The largest absolute Gasteiger partial charge is 0.416 e. The molecule has 244 valence electrons. The number of carbonyl (C=O) groups is 1. The maximum Gasteiger partial charge on any atom is 0.416 e. The summed E-state index contributed by atoms with van der Waals surface area (Å²) >= 11 is 0. The van der Waals surface area contributed by atoms with E-state index in [2.05, 4.69) is 16.6 Å². The number of carbonyl (C=O) groups excluding carboxylic acids is 1. The van der Waals surface area contributed by atoms with Crippen LogP contribution in [0.5, 0.6) is 0 Å². The zero-order chi connectivity index (χ0) is 33.5. The average molecular weight is 650 g/mol. The summed E-state index contributed by atoms with van der Waals surface area (Å²) in [5.74, 6) is -1.82. The number of piperidine rings is 1. The molecule has 2 amide bonds. The molecule has 3 rings (SSSR count). The van der Waals surface area contributed by atoms with E-state index in [1.54, 1.807) is 33.8 Å². The summed E-state index contributed by atoms with van der Waals surface area (Å²) in [5, 5.41) is 2.54. The fraction of sp³-hybridized carbons (Fsp3) is 0.516. The van der Waals surface area contributed by atoms with E-state index in [9.17, 15) is 39.7 Å². The molecule has 1 saturated heterocycles. The molecule has 1 fully saturated rings. The summed E-state index contributed by atoms with van der Waals surface area (Å²) in [6.45, 7) is 12.1. The molecule has 2 N–H and O–H groups in total. The van der Waals surface area contributed by atoms with Gasteiger partial charge >= 0.3 is 18.4 Å². The van der Waals surface area contributed by atoms with Crippen molar-refractivity contribution in [2.75, 3.05) is 13.6 Å². The normalized spacial score (nSPS) is 22.8. The van der Waals surface area contributed by atoms with Crippen molar-refractivity contribution >= 4 is 17.0 Å². The van der Waals surface area contributed by atoms with Crippen LogP contribution in [0.25, 0.3) is 0 Å². The van der Waals surface area contributed by atoms with Gasteiger partial charge in [0.1, 0.15) is 5.82 Å². The Morgan fingerprint density at radius 3 is 2.09 bits per heavy atom. The van der Waals surface area contributed by atoms with E-state index in [1.165, 1.54) is 31.0 Å². The molecule has 44 heavy (non-hydrogen) atoms. The predicted octanol–water partition coefficient (Wildman–Crippen LogP) is 7.97. The molecule has 0 bridgehead atoms. The van der Waals surface area contributed by atoms with E-state index < -0.39 is 68.1 Å². The zero-order valence-electron chi connectivity index (χ0n) is 25.5. The van der Waals surface area contributed by atoms with Gasteiger partial charge in [-0.05, 0) is 94.0 Å². The molecule has 13 heteroatoms. The lowest BCUT2D eigenvalue weighted by Crippen LogP contribution is -2.66. The van der Waals surface area contributed by atoms with Crippen LogP contribution >= 0.6 is 0 Å². The van der Waals surface area contributed by atoms with Crippen LogP contribution in [0.3, 0.4) is 0 Å². The van der Waals surface area contributed by atoms with Crippen LogP contribution in [0.15, 0.2) is 49.1 Å². The number of aryl methyl sites for hydroxylation is 1. The Bertz CT molecular complexity index is 1390. The van der Waals surface area contributed by atoms with Crippen molar-refractivity contribution in [3.8, 4) is 0 Å². The lowest BCUT2D eigenvalue weighted by molar-refractivity contribution is -0.143. The molecule has 1 aliphatic rings. The highest BCUT2D eigenvalue weighted by molar-refractivity contribution is 7.84. The molecule has 2 aromatic rings. The quantitative estimate of drug-likeness (QED) is 0.236. The first-order valence-electron chi connectivity index (χ1n) is 14.0. The Kier molecular flexibility index (Phi) is 10.1. The highest BCUT2D eigenvalue weighted by atomic mass is 32.2. The maximum absolute atomic E-state index is 14.4. The highest BCUT2D eigenvalue weighted by Gasteiger charge is 2.56. The van der Waals surface area contributed by atoms with Gasteiger partial charge in [-0.25, -0.2) is 18.1 Å². The number of urea groups is 1. The summed E-state index contributed by atoms with van der Waals surface area (Å²) in [6, 6.07) is 4.48. The summed E-state index contributed by atoms with van der Waals surface area (Å²) in [5.41, 5.74) is -5.35. The fourth-order valence-corrected chi connectivity index (χ4v) is 7.01. The molecule has 0 saturated carbocycles. The van der Waals surface area contributed by atoms with Gasteiger partial charge in [-0.15, -0.1) is 6.58 Å². The lowest BCUT2D eigenvalue weighted by atomic mass is 9.63. The second kappa shape index (κ2) is 12.5. The number of benzene rings is 2. The first-order valence-corrected chi connectivity index (χ1v) is 15.1. The number of hydrogen-bond acceptors (Lipinski definition) is 2. The van der Waals surface area contributed by atoms with E-state index in [0.29, 0.717) is 23.3 Å². The minimum Gasteiger partial charge on any atom is -0.341 e. The Labute approximate surface area is 255 Å². The van der Waals surface area contributed by atoms with Gasteiger partial charge in [0, 0.05) is 25.0 Å². The van der Waals surface area contributed by atoms with Crippen LogP contribution in [0.1, 0.15) is 80.7 Å². The summed E-state index contributed by atoms with van der Waals surface area (Å²) in [6.07, 6.45) is -8.26. The van der Waals surface area contributed by atoms with Gasteiger partial charge in [0.25, 0.3) is 0 Å². The number of nitrogens with one attached hydrogen (secondary N) is 2. The number of alkyl halides is 6. The van der Waals surface area contributed by atoms with Gasteiger partial charge in [0.15, 0.2) is 0 Å². The number of halogens is 7. The van der Waals surface area contributed by atoms with E-state index >= 15 is 0 Å². The molecule has 1 aliphatic heterocycles. The zero-order valence-corrected chi connectivity index (χ0v) is 26.3. The number of hydrogen-bond donors (Lipinski definition) is 2. The summed E-state index contributed by atoms with van der Waals surface area (Å²) in [7, 11) is -0.300.